The molecule has 10 atom stereocenters. The Hall–Kier alpha value is -8.21. The number of amides is 11. The maximum atomic E-state index is 14.9. The Bertz CT molecular complexity index is 3110. The summed E-state index contributed by atoms with van der Waals surface area (Å²) in [5.41, 5.74) is 11.7. The van der Waals surface area contributed by atoms with Crippen LogP contribution < -0.4 is 48.5 Å². The molecule has 5 rings (SSSR count). The monoisotopic (exact) mass is 1390 g/mol. The summed E-state index contributed by atoms with van der Waals surface area (Å²) in [4.78, 5) is 143. The van der Waals surface area contributed by atoms with Crippen molar-refractivity contribution in [1.29, 1.82) is 0 Å². The third-order valence-corrected chi connectivity index (χ3v) is 18.6. The van der Waals surface area contributed by atoms with Gasteiger partial charge in [0.25, 0.3) is 5.91 Å². The van der Waals surface area contributed by atoms with Crippen LogP contribution in [0, 0.1) is 23.7 Å². The number of likely N-dealkylation sites (tertiary alicyclic amines) is 1. The van der Waals surface area contributed by atoms with Crippen molar-refractivity contribution in [2.24, 2.45) is 29.4 Å². The zero-order valence-corrected chi connectivity index (χ0v) is 59.5. The van der Waals surface area contributed by atoms with Crippen molar-refractivity contribution in [1.82, 2.24) is 57.1 Å². The third-order valence-electron chi connectivity index (χ3n) is 17.7. The van der Waals surface area contributed by atoms with Gasteiger partial charge in [-0.2, -0.15) is 0 Å². The number of anilines is 1. The first-order valence-corrected chi connectivity index (χ1v) is 35.5. The summed E-state index contributed by atoms with van der Waals surface area (Å²) in [6.45, 7) is 19.2. The molecule has 1 unspecified atom stereocenters. The number of thiazole rings is 1. The van der Waals surface area contributed by atoms with Gasteiger partial charge in [0.15, 0.2) is 0 Å². The number of nitrogens with one attached hydrogen (secondary N) is 8. The number of hydrogen-bond acceptors (Lipinski definition) is 17. The Balaban J connectivity index is 1.17. The van der Waals surface area contributed by atoms with Gasteiger partial charge in [0.05, 0.1) is 6.04 Å². The highest BCUT2D eigenvalue weighted by molar-refractivity contribution is 7.09. The third kappa shape index (κ3) is 26.2. The van der Waals surface area contributed by atoms with E-state index in [4.69, 9.17) is 20.2 Å². The van der Waals surface area contributed by atoms with Gasteiger partial charge in [-0.25, -0.2) is 20.0 Å². The number of benzene rings is 2. The number of phenols is 1. The normalized spacial score (nSPS) is 17.1. The first-order valence-electron chi connectivity index (χ1n) is 34.6. The van der Waals surface area contributed by atoms with E-state index in [0.29, 0.717) is 80.9 Å². The van der Waals surface area contributed by atoms with E-state index >= 15 is 0 Å². The second-order valence-electron chi connectivity index (χ2n) is 26.3. The smallest absolute Gasteiger partial charge is 0.426 e. The molecular weight excluding hydrogens is 1280 g/mol. The fraction of sp³-hybridized carbons (Fsp3) is 0.614. The molecular formula is C70H107N13O14S. The number of nitrogens with two attached hydrogens (primary N) is 1. The summed E-state index contributed by atoms with van der Waals surface area (Å²) in [5.74, 6) is -4.39. The Morgan fingerprint density at radius 3 is 2.14 bits per heavy atom. The number of hydrogen-bond donors (Lipinski definition) is 11. The lowest BCUT2D eigenvalue weighted by Crippen LogP contribution is -2.58. The summed E-state index contributed by atoms with van der Waals surface area (Å²) >= 11 is 1.28. The number of piperidine rings is 1. The van der Waals surface area contributed by atoms with Crippen LogP contribution in [0.2, 0.25) is 0 Å². The Morgan fingerprint density at radius 2 is 1.51 bits per heavy atom. The highest BCUT2D eigenvalue weighted by Gasteiger charge is 2.39. The average molecular weight is 1390 g/mol. The lowest BCUT2D eigenvalue weighted by molar-refractivity contribution is -0.143. The van der Waals surface area contributed by atoms with Crippen LogP contribution in [0.5, 0.6) is 5.75 Å². The number of carbonyl (C=O) groups is 10. The number of aliphatic hydroxyl groups excluding tert-OH is 1. The number of aromatic hydroxyl groups is 1. The van der Waals surface area contributed by atoms with E-state index in [-0.39, 0.29) is 110 Å². The molecule has 27 nitrogen and oxygen atoms in total. The Morgan fingerprint density at radius 1 is 0.796 bits per heavy atom. The molecule has 0 aliphatic carbocycles. The SMILES string of the molecule is CCCO[C@H](C[C@H](C(C)C)N(CCC)C(=O)[C@@H](NC(=O)[C@H]1CCCCN1C)[C@@H](C)CC)c1nc(C(=O)N[C@@H](Cc2ccc(O)cc2)C[C@H](C)C(=O)NNC(=O)OCc2ccc(NC(=O)[C@@H](CCCNC(N)=O)NC(=O)[C@H](NC(=O)CCCCCN3C(=O)C=CC3O)C(C)C)cc2)cs1. The number of unbranched alkanes of at least 4 members (excludes halogenated alkanes) is 2. The molecule has 2 aliphatic rings. The lowest BCUT2D eigenvalue weighted by Gasteiger charge is -2.40. The van der Waals surface area contributed by atoms with Gasteiger partial charge in [-0.15, -0.1) is 11.3 Å². The summed E-state index contributed by atoms with van der Waals surface area (Å²) in [7, 11) is 1.95. The topological polar surface area (TPSA) is 374 Å². The molecule has 0 bridgehead atoms. The fourth-order valence-electron chi connectivity index (χ4n) is 11.8. The zero-order chi connectivity index (χ0) is 72.0. The molecule has 11 amide bonds. The number of hydrazine groups is 1. The van der Waals surface area contributed by atoms with Crippen LogP contribution in [0.25, 0.3) is 0 Å². The number of phenolic OH excluding ortho intramolecular Hbond substituents is 1. The molecule has 542 valence electrons. The van der Waals surface area contributed by atoms with Crippen LogP contribution in [0.4, 0.5) is 15.3 Å². The Labute approximate surface area is 580 Å². The number of ether oxygens (including phenoxy) is 2. The quantitative estimate of drug-likeness (QED) is 0.0211. The predicted octanol–water partition coefficient (Wildman–Crippen LogP) is 6.60. The van der Waals surface area contributed by atoms with E-state index < -0.39 is 78.2 Å². The van der Waals surface area contributed by atoms with Crippen LogP contribution in [0.1, 0.15) is 185 Å². The second kappa shape index (κ2) is 41.3. The van der Waals surface area contributed by atoms with Gasteiger partial charge in [0.2, 0.25) is 41.4 Å². The minimum absolute atomic E-state index is 0.0146. The van der Waals surface area contributed by atoms with Crippen molar-refractivity contribution in [2.45, 2.75) is 214 Å². The van der Waals surface area contributed by atoms with Crippen LogP contribution in [-0.4, -0.2) is 172 Å². The number of carbonyl (C=O) groups excluding carboxylic acids is 10. The molecule has 0 spiro atoms. The van der Waals surface area contributed by atoms with E-state index in [9.17, 15) is 58.2 Å². The summed E-state index contributed by atoms with van der Waals surface area (Å²) in [6.07, 6.45) is 7.87. The number of aliphatic hydroxyl groups is 1. The molecule has 12 N–H and O–H groups in total. The van der Waals surface area contributed by atoms with E-state index in [2.05, 4.69) is 61.5 Å². The molecule has 0 radical (unpaired) electrons. The largest absolute Gasteiger partial charge is 0.508 e. The van der Waals surface area contributed by atoms with E-state index in [1.807, 2.05) is 39.6 Å². The van der Waals surface area contributed by atoms with Gasteiger partial charge < -0.3 is 67.1 Å². The number of rotatable bonds is 40. The Kier molecular flexibility index (Phi) is 33.9. The van der Waals surface area contributed by atoms with E-state index in [1.165, 1.54) is 40.5 Å². The number of urea groups is 1. The molecule has 0 saturated carbocycles. The van der Waals surface area contributed by atoms with Crippen LogP contribution in [-0.2, 0) is 56.1 Å². The highest BCUT2D eigenvalue weighted by Crippen LogP contribution is 2.32. The van der Waals surface area contributed by atoms with Crippen molar-refractivity contribution in [3.63, 3.8) is 0 Å². The molecule has 3 aromatic rings. The average Bonchev–Trinajstić information content (AvgIpc) is 1.13. The van der Waals surface area contributed by atoms with Crippen molar-refractivity contribution >= 4 is 76.4 Å². The van der Waals surface area contributed by atoms with E-state index in [1.54, 1.807) is 62.5 Å². The zero-order valence-electron chi connectivity index (χ0n) is 58.7. The van der Waals surface area contributed by atoms with Gasteiger partial charge >= 0.3 is 12.1 Å². The van der Waals surface area contributed by atoms with Gasteiger partial charge in [-0.3, -0.25) is 48.7 Å². The fourth-order valence-corrected chi connectivity index (χ4v) is 12.6. The van der Waals surface area contributed by atoms with Crippen LogP contribution in [0.15, 0.2) is 66.1 Å². The van der Waals surface area contributed by atoms with Gasteiger partial charge in [-0.1, -0.05) is 106 Å². The van der Waals surface area contributed by atoms with Crippen molar-refractivity contribution in [3.05, 3.63) is 87.9 Å². The number of primary amides is 1. The first kappa shape index (κ1) is 80.5. The lowest BCUT2D eigenvalue weighted by atomic mass is 9.92. The summed E-state index contributed by atoms with van der Waals surface area (Å²) in [5, 5.41) is 39.2. The predicted molar refractivity (Wildman–Crippen MR) is 372 cm³/mol. The number of aromatic nitrogens is 1. The van der Waals surface area contributed by atoms with Crippen LogP contribution >= 0.6 is 11.3 Å². The van der Waals surface area contributed by atoms with Crippen LogP contribution in [0.3, 0.4) is 0 Å². The standard InChI is InChI=1S/C70H107N13O14S/c1-11-34-82(68(93)61(45(8)13-3)78-65(91)54-21-16-18-35-81(54)10)55(43(4)5)40-56(96-37-12-2)67-76-53(42-98-67)64(90)74-50(39-47-25-29-51(84)30-26-47)38-46(9)62(88)79-80-70(95)97-41-48-23-27-49(28-24-48)73-63(89)52(20-19-33-72-69(71)94)75-66(92)60(44(6)7)77-57(85)22-15-14-17-36-83-58(86)31-32-59(83)87/h23-32,42-46,50,52,54-56,58,60-61,84,86H,11-22,33-41H2,1-10H3,(H,73,89)(H,74,90)(H,75,92)(H,77,85)(H,78,91)(H,79,88)(H,80,95)(H3,71,72,94)/t45-,46-,50+,52+,54+,55+,56+,58?,60+,61-/m0/s1. The highest BCUT2D eigenvalue weighted by atomic mass is 32.1. The van der Waals surface area contributed by atoms with Crippen molar-refractivity contribution in [3.8, 4) is 5.75 Å². The van der Waals surface area contributed by atoms with Gasteiger partial charge in [0, 0.05) is 74.2 Å². The minimum atomic E-state index is -1.10. The molecule has 2 aromatic carbocycles. The first-order chi connectivity index (χ1) is 46.7. The minimum Gasteiger partial charge on any atom is -0.508 e. The molecule has 1 saturated heterocycles. The number of nitrogens with zero attached hydrogens (tertiary/aromatic N) is 4. The van der Waals surface area contributed by atoms with E-state index in [0.717, 1.165) is 31.4 Å². The molecule has 98 heavy (non-hydrogen) atoms. The molecule has 1 aromatic heterocycles. The number of likely N-dealkylation sites (N-methyl/N-ethyl adjacent to an activating group) is 1. The van der Waals surface area contributed by atoms with Gasteiger partial charge in [-0.05, 0) is 137 Å². The molecule has 1 fully saturated rings. The second-order valence-corrected chi connectivity index (χ2v) is 27.2. The summed E-state index contributed by atoms with van der Waals surface area (Å²) < 4.78 is 11.9. The van der Waals surface area contributed by atoms with Crippen molar-refractivity contribution in [2.75, 3.05) is 45.2 Å². The van der Waals surface area contributed by atoms with Crippen molar-refractivity contribution < 1.29 is 67.6 Å². The molecule has 3 heterocycles. The molecule has 28 heteroatoms. The maximum absolute atomic E-state index is 14.9. The van der Waals surface area contributed by atoms with Gasteiger partial charge in [0.1, 0.15) is 53.5 Å². The maximum Gasteiger partial charge on any atom is 0.426 e. The molecule has 2 aliphatic heterocycles. The summed E-state index contributed by atoms with van der Waals surface area (Å²) in [6, 6.07) is 7.97.